The third-order valence-electron chi connectivity index (χ3n) is 4.08. The molecule has 170 valence electrons. The highest BCUT2D eigenvalue weighted by molar-refractivity contribution is 5.92. The zero-order valence-corrected chi connectivity index (χ0v) is 18.9. The van der Waals surface area contributed by atoms with Crippen LogP contribution in [0.1, 0.15) is 63.5 Å². The van der Waals surface area contributed by atoms with Gasteiger partial charge in [0.15, 0.2) is 0 Å². The number of amides is 2. The highest BCUT2D eigenvalue weighted by Gasteiger charge is 2.33. The number of methoxy groups -OCH3 is 1. The third kappa shape index (κ3) is 6.44. The summed E-state index contributed by atoms with van der Waals surface area (Å²) >= 11 is 0. The molecule has 0 radical (unpaired) electrons. The monoisotopic (exact) mass is 436 g/mol. The number of carbonyl (C=O) groups is 3. The number of anilines is 1. The molecule has 1 atom stereocenters. The smallest absolute Gasteiger partial charge is 0.412 e. The van der Waals surface area contributed by atoms with Gasteiger partial charge in [0.05, 0.1) is 24.4 Å². The zero-order chi connectivity index (χ0) is 23.6. The molecule has 0 spiro atoms. The quantitative estimate of drug-likeness (QED) is 0.415. The standard InChI is InChI=1S/C22H29FN2O6/c1-21(2,3)30-19(27)24-16-12-15(23)13(18(26)29-7)11-14(16)17-9-8-10-25(17)20(28)31-22(4,5)6/h8-9,11-12,17H,10H2,1-7H3,(H,24,27)/t17-/m0/s1. The van der Waals surface area contributed by atoms with E-state index < -0.39 is 41.2 Å². The van der Waals surface area contributed by atoms with Gasteiger partial charge in [-0.2, -0.15) is 0 Å². The van der Waals surface area contributed by atoms with Gasteiger partial charge in [-0.05, 0) is 53.7 Å². The van der Waals surface area contributed by atoms with Crippen molar-refractivity contribution in [1.29, 1.82) is 0 Å². The van der Waals surface area contributed by atoms with Crippen LogP contribution in [0.25, 0.3) is 0 Å². The molecule has 2 rings (SSSR count). The molecule has 2 amide bonds. The molecule has 1 N–H and O–H groups in total. The molecule has 31 heavy (non-hydrogen) atoms. The fraction of sp³-hybridized carbons (Fsp3) is 0.500. The first-order valence-corrected chi connectivity index (χ1v) is 9.80. The molecule has 0 aliphatic carbocycles. The second-order valence-corrected chi connectivity index (χ2v) is 9.04. The zero-order valence-electron chi connectivity index (χ0n) is 18.9. The van der Waals surface area contributed by atoms with Crippen molar-refractivity contribution in [3.05, 3.63) is 41.2 Å². The van der Waals surface area contributed by atoms with Crippen molar-refractivity contribution in [3.63, 3.8) is 0 Å². The third-order valence-corrected chi connectivity index (χ3v) is 4.08. The van der Waals surface area contributed by atoms with Crippen LogP contribution in [0, 0.1) is 5.82 Å². The van der Waals surface area contributed by atoms with E-state index in [2.05, 4.69) is 10.1 Å². The lowest BCUT2D eigenvalue weighted by Gasteiger charge is -2.30. The average Bonchev–Trinajstić information content (AvgIpc) is 3.07. The van der Waals surface area contributed by atoms with E-state index in [-0.39, 0.29) is 17.8 Å². The van der Waals surface area contributed by atoms with E-state index >= 15 is 0 Å². The van der Waals surface area contributed by atoms with Crippen molar-refractivity contribution >= 4 is 23.8 Å². The number of benzene rings is 1. The first kappa shape index (κ1) is 24.2. The van der Waals surface area contributed by atoms with Crippen LogP contribution in [0.3, 0.4) is 0 Å². The van der Waals surface area contributed by atoms with E-state index in [9.17, 15) is 18.8 Å². The summed E-state index contributed by atoms with van der Waals surface area (Å²) in [6.45, 7) is 10.6. The maximum Gasteiger partial charge on any atom is 0.412 e. The topological polar surface area (TPSA) is 94.2 Å². The van der Waals surface area contributed by atoms with E-state index in [0.717, 1.165) is 13.2 Å². The van der Waals surface area contributed by atoms with E-state index in [1.807, 2.05) is 0 Å². The molecule has 0 saturated heterocycles. The highest BCUT2D eigenvalue weighted by atomic mass is 19.1. The minimum Gasteiger partial charge on any atom is -0.465 e. The normalized spacial score (nSPS) is 16.1. The molecule has 1 heterocycles. The lowest BCUT2D eigenvalue weighted by molar-refractivity contribution is 0.0241. The van der Waals surface area contributed by atoms with Gasteiger partial charge in [0.2, 0.25) is 0 Å². The molecule has 1 aliphatic heterocycles. The summed E-state index contributed by atoms with van der Waals surface area (Å²) in [5.74, 6) is -1.76. The molecule has 0 aromatic heterocycles. The summed E-state index contributed by atoms with van der Waals surface area (Å²) in [7, 11) is 1.14. The number of esters is 1. The lowest BCUT2D eigenvalue weighted by atomic mass is 10.0. The average molecular weight is 436 g/mol. The number of hydrogen-bond acceptors (Lipinski definition) is 6. The van der Waals surface area contributed by atoms with Crippen LogP contribution in [0.4, 0.5) is 19.7 Å². The maximum atomic E-state index is 14.6. The van der Waals surface area contributed by atoms with Crippen molar-refractivity contribution in [2.45, 2.75) is 58.8 Å². The number of halogens is 1. The molecule has 1 aromatic carbocycles. The minimum absolute atomic E-state index is 0.0597. The molecule has 0 fully saturated rings. The Morgan fingerprint density at radius 3 is 2.23 bits per heavy atom. The molecule has 1 aromatic rings. The molecule has 0 unspecified atom stereocenters. The Bertz CT molecular complexity index is 898. The number of hydrogen-bond donors (Lipinski definition) is 1. The Hall–Kier alpha value is -3.10. The first-order valence-electron chi connectivity index (χ1n) is 9.80. The summed E-state index contributed by atoms with van der Waals surface area (Å²) in [4.78, 5) is 38.4. The van der Waals surface area contributed by atoms with Gasteiger partial charge in [-0.3, -0.25) is 10.2 Å². The van der Waals surface area contributed by atoms with E-state index in [1.54, 1.807) is 53.7 Å². The maximum absolute atomic E-state index is 14.6. The Kier molecular flexibility index (Phi) is 6.98. The number of nitrogens with zero attached hydrogens (tertiary/aromatic N) is 1. The van der Waals surface area contributed by atoms with Crippen LogP contribution < -0.4 is 5.32 Å². The van der Waals surface area contributed by atoms with Gasteiger partial charge in [0.1, 0.15) is 17.0 Å². The van der Waals surface area contributed by atoms with Gasteiger partial charge in [-0.25, -0.2) is 18.8 Å². The molecular weight excluding hydrogens is 407 g/mol. The summed E-state index contributed by atoms with van der Waals surface area (Å²) in [6, 6.07) is 1.56. The molecule has 9 heteroatoms. The van der Waals surface area contributed by atoms with Gasteiger partial charge < -0.3 is 14.2 Å². The Morgan fingerprint density at radius 1 is 1.06 bits per heavy atom. The van der Waals surface area contributed by atoms with Gasteiger partial charge in [-0.1, -0.05) is 12.2 Å². The summed E-state index contributed by atoms with van der Waals surface area (Å²) in [5.41, 5.74) is -1.44. The van der Waals surface area contributed by atoms with Crippen LogP contribution in [-0.4, -0.2) is 47.9 Å². The number of rotatable bonds is 3. The predicted molar refractivity (Wildman–Crippen MR) is 112 cm³/mol. The van der Waals surface area contributed by atoms with E-state index in [0.29, 0.717) is 5.56 Å². The van der Waals surface area contributed by atoms with Gasteiger partial charge in [-0.15, -0.1) is 0 Å². The first-order chi connectivity index (χ1) is 14.2. The lowest BCUT2D eigenvalue weighted by Crippen LogP contribution is -2.37. The van der Waals surface area contributed by atoms with Crippen molar-refractivity contribution in [3.8, 4) is 0 Å². The second-order valence-electron chi connectivity index (χ2n) is 9.04. The van der Waals surface area contributed by atoms with Gasteiger partial charge in [0.25, 0.3) is 0 Å². The number of nitrogens with one attached hydrogen (secondary N) is 1. The fourth-order valence-electron chi connectivity index (χ4n) is 2.92. The molecule has 1 aliphatic rings. The Morgan fingerprint density at radius 2 is 1.68 bits per heavy atom. The van der Waals surface area contributed by atoms with Crippen LogP contribution in [0.15, 0.2) is 24.3 Å². The highest BCUT2D eigenvalue weighted by Crippen LogP contribution is 2.35. The van der Waals surface area contributed by atoms with Crippen LogP contribution in [0.5, 0.6) is 0 Å². The Balaban J connectivity index is 2.49. The molecule has 0 bridgehead atoms. The number of ether oxygens (including phenoxy) is 3. The molecular formula is C22H29FN2O6. The number of carbonyl (C=O) groups excluding carboxylic acids is 3. The summed E-state index contributed by atoms with van der Waals surface area (Å²) in [6.07, 6.45) is 2.06. The van der Waals surface area contributed by atoms with Crippen LogP contribution >= 0.6 is 0 Å². The van der Waals surface area contributed by atoms with Crippen molar-refractivity contribution < 1.29 is 33.0 Å². The predicted octanol–water partition coefficient (Wildman–Crippen LogP) is 4.81. The van der Waals surface area contributed by atoms with E-state index in [1.165, 1.54) is 11.0 Å². The van der Waals surface area contributed by atoms with E-state index in [4.69, 9.17) is 9.47 Å². The minimum atomic E-state index is -0.882. The van der Waals surface area contributed by atoms with Gasteiger partial charge >= 0.3 is 18.2 Å². The van der Waals surface area contributed by atoms with Crippen LogP contribution in [0.2, 0.25) is 0 Å². The largest absolute Gasteiger partial charge is 0.465 e. The summed E-state index contributed by atoms with van der Waals surface area (Å²) < 4.78 is 30.0. The summed E-state index contributed by atoms with van der Waals surface area (Å²) in [5, 5.41) is 2.51. The van der Waals surface area contributed by atoms with Crippen molar-refractivity contribution in [1.82, 2.24) is 4.90 Å². The Labute approximate surface area is 181 Å². The van der Waals surface area contributed by atoms with Gasteiger partial charge in [0, 0.05) is 12.1 Å². The van der Waals surface area contributed by atoms with Crippen molar-refractivity contribution in [2.75, 3.05) is 19.0 Å². The fourth-order valence-corrected chi connectivity index (χ4v) is 2.92. The molecule has 8 nitrogen and oxygen atoms in total. The van der Waals surface area contributed by atoms with Crippen LogP contribution in [-0.2, 0) is 14.2 Å². The van der Waals surface area contributed by atoms with Crippen molar-refractivity contribution in [2.24, 2.45) is 0 Å². The SMILES string of the molecule is COC(=O)c1cc([C@@H]2C=CCN2C(=O)OC(C)(C)C)c(NC(=O)OC(C)(C)C)cc1F. The second kappa shape index (κ2) is 8.95. The molecule has 0 saturated carbocycles.